The summed E-state index contributed by atoms with van der Waals surface area (Å²) in [7, 11) is 0. The highest BCUT2D eigenvalue weighted by atomic mass is 35.5. The topological polar surface area (TPSA) is 108 Å². The van der Waals surface area contributed by atoms with Gasteiger partial charge in [-0.3, -0.25) is 29.0 Å². The predicted molar refractivity (Wildman–Crippen MR) is 146 cm³/mol. The molecule has 2 N–H and O–H groups in total. The number of nitrogens with one attached hydrogen (secondary N) is 2. The third kappa shape index (κ3) is 6.85. The summed E-state index contributed by atoms with van der Waals surface area (Å²) in [5.74, 6) is -3.34. The van der Waals surface area contributed by atoms with Gasteiger partial charge in [-0.25, -0.2) is 4.39 Å². The summed E-state index contributed by atoms with van der Waals surface area (Å²) >= 11 is 10.9. The molecule has 2 aliphatic heterocycles. The largest absolute Gasteiger partial charge is 0.467 e. The smallest absolute Gasteiger partial charge is 0.239 e. The Morgan fingerprint density at radius 3 is 2.44 bits per heavy atom. The fourth-order valence-corrected chi connectivity index (χ4v) is 5.15. The maximum atomic E-state index is 13.3. The molecule has 206 valence electrons. The zero-order chi connectivity index (χ0) is 28.3. The van der Waals surface area contributed by atoms with Crippen LogP contribution < -0.4 is 15.4 Å². The molecule has 0 aliphatic carbocycles. The molecule has 3 atom stereocenters. The minimum absolute atomic E-state index is 0.0537. The fourth-order valence-electron chi connectivity index (χ4n) is 4.78. The van der Waals surface area contributed by atoms with Crippen LogP contribution in [0.4, 0.5) is 4.39 Å². The second-order valence-electron chi connectivity index (χ2n) is 9.72. The summed E-state index contributed by atoms with van der Waals surface area (Å²) in [6.45, 7) is 5.78. The number of carbonyl (C=O) groups excluding carboxylic acids is 4. The number of halogens is 2. The number of amides is 2. The van der Waals surface area contributed by atoms with Crippen molar-refractivity contribution in [1.29, 1.82) is 0 Å². The predicted octanol–water partition coefficient (Wildman–Crippen LogP) is 2.70. The van der Waals surface area contributed by atoms with Crippen LogP contribution in [0.3, 0.4) is 0 Å². The number of thiocarbonyl (C=S) groups is 1. The molecule has 9 nitrogen and oxygen atoms in total. The molecule has 2 saturated heterocycles. The number of aldehydes is 1. The van der Waals surface area contributed by atoms with E-state index < -0.39 is 36.2 Å². The van der Waals surface area contributed by atoms with Gasteiger partial charge >= 0.3 is 0 Å². The van der Waals surface area contributed by atoms with E-state index >= 15 is 0 Å². The Bertz CT molecular complexity index is 1270. The lowest BCUT2D eigenvalue weighted by atomic mass is 9.95. The minimum Gasteiger partial charge on any atom is -0.467 e. The number of ether oxygens (including phenoxy) is 1. The summed E-state index contributed by atoms with van der Waals surface area (Å²) in [6.07, 6.45) is -0.759. The van der Waals surface area contributed by atoms with Crippen molar-refractivity contribution in [2.45, 2.75) is 45.1 Å². The number of benzene rings is 2. The van der Waals surface area contributed by atoms with Gasteiger partial charge in [0, 0.05) is 43.2 Å². The first-order valence-corrected chi connectivity index (χ1v) is 13.2. The Kier molecular flexibility index (Phi) is 9.06. The molecule has 1 unspecified atom stereocenters. The first-order chi connectivity index (χ1) is 18.5. The molecular formula is C27H28ClFN4O5S. The summed E-state index contributed by atoms with van der Waals surface area (Å²) < 4.78 is 19.3. The highest BCUT2D eigenvalue weighted by Crippen LogP contribution is 2.29. The molecule has 39 heavy (non-hydrogen) atoms. The van der Waals surface area contributed by atoms with E-state index in [2.05, 4.69) is 15.5 Å². The van der Waals surface area contributed by atoms with E-state index in [-0.39, 0.29) is 39.3 Å². The number of piperazine rings is 1. The van der Waals surface area contributed by atoms with Crippen LogP contribution in [0, 0.1) is 11.7 Å². The van der Waals surface area contributed by atoms with Gasteiger partial charge in [-0.2, -0.15) is 0 Å². The summed E-state index contributed by atoms with van der Waals surface area (Å²) in [5.41, 5.74) is 1.04. The van der Waals surface area contributed by atoms with Crippen LogP contribution in [0.15, 0.2) is 42.5 Å². The van der Waals surface area contributed by atoms with Crippen molar-refractivity contribution in [1.82, 2.24) is 20.4 Å². The van der Waals surface area contributed by atoms with Gasteiger partial charge < -0.3 is 15.4 Å². The normalized spacial score (nSPS) is 21.7. The second-order valence-corrected chi connectivity index (χ2v) is 10.6. The first kappa shape index (κ1) is 28.8. The molecular weight excluding hydrogens is 547 g/mol. The zero-order valence-corrected chi connectivity index (χ0v) is 22.9. The monoisotopic (exact) mass is 574 g/mol. The lowest BCUT2D eigenvalue weighted by molar-refractivity contribution is -0.135. The van der Waals surface area contributed by atoms with E-state index in [4.69, 9.17) is 28.6 Å². The van der Waals surface area contributed by atoms with Gasteiger partial charge in [0.1, 0.15) is 17.5 Å². The van der Waals surface area contributed by atoms with E-state index in [1.54, 1.807) is 12.1 Å². The number of hydrogen-bond acceptors (Lipinski definition) is 8. The molecule has 2 aromatic carbocycles. The van der Waals surface area contributed by atoms with Crippen LogP contribution in [-0.4, -0.2) is 70.2 Å². The summed E-state index contributed by atoms with van der Waals surface area (Å²) in [5, 5.41) is 4.81. The minimum atomic E-state index is -1.27. The quantitative estimate of drug-likeness (QED) is 0.204. The molecule has 0 saturated carbocycles. The van der Waals surface area contributed by atoms with Gasteiger partial charge in [0.15, 0.2) is 17.2 Å². The van der Waals surface area contributed by atoms with Gasteiger partial charge in [-0.05, 0) is 62.0 Å². The molecule has 2 amide bonds. The van der Waals surface area contributed by atoms with Gasteiger partial charge in [0.2, 0.25) is 18.0 Å². The van der Waals surface area contributed by atoms with Crippen LogP contribution in [0.5, 0.6) is 5.75 Å². The highest BCUT2D eigenvalue weighted by Gasteiger charge is 2.37. The Hall–Kier alpha value is -3.25. The zero-order valence-electron chi connectivity index (χ0n) is 21.4. The Balaban J connectivity index is 1.47. The van der Waals surface area contributed by atoms with Crippen molar-refractivity contribution in [2.75, 3.05) is 13.1 Å². The number of hydrogen-bond donors (Lipinski definition) is 2. The number of carbonyl (C=O) groups is 4. The van der Waals surface area contributed by atoms with Crippen molar-refractivity contribution in [3.05, 3.63) is 64.4 Å². The van der Waals surface area contributed by atoms with Crippen molar-refractivity contribution in [3.63, 3.8) is 0 Å². The van der Waals surface area contributed by atoms with Crippen molar-refractivity contribution in [3.8, 4) is 5.75 Å². The van der Waals surface area contributed by atoms with Crippen molar-refractivity contribution >= 4 is 52.8 Å². The molecule has 12 heteroatoms. The van der Waals surface area contributed by atoms with E-state index in [1.807, 2.05) is 18.7 Å². The third-order valence-electron chi connectivity index (χ3n) is 6.89. The fraction of sp³-hybridized carbons (Fsp3) is 0.370. The number of ketones is 1. The van der Waals surface area contributed by atoms with Crippen LogP contribution in [0.2, 0.25) is 5.02 Å². The number of rotatable bonds is 9. The molecule has 2 aromatic rings. The Morgan fingerprint density at radius 1 is 1.13 bits per heavy atom. The highest BCUT2D eigenvalue weighted by molar-refractivity contribution is 7.80. The Labute approximate surface area is 235 Å². The third-order valence-corrected chi connectivity index (χ3v) is 7.33. The van der Waals surface area contributed by atoms with Crippen LogP contribution >= 0.6 is 23.8 Å². The van der Waals surface area contributed by atoms with Crippen molar-refractivity contribution < 1.29 is 28.3 Å². The molecule has 0 radical (unpaired) electrons. The van der Waals surface area contributed by atoms with Gasteiger partial charge in [-0.15, -0.1) is 0 Å². The van der Waals surface area contributed by atoms with Gasteiger partial charge in [-0.1, -0.05) is 23.7 Å². The maximum Gasteiger partial charge on any atom is 0.239 e. The molecule has 2 aliphatic rings. The molecule has 0 aromatic heterocycles. The lowest BCUT2D eigenvalue weighted by Gasteiger charge is -2.45. The summed E-state index contributed by atoms with van der Waals surface area (Å²) in [6, 6.07) is 10.7. The van der Waals surface area contributed by atoms with Gasteiger partial charge in [0.05, 0.1) is 5.56 Å². The number of nitrogens with zero attached hydrogens (tertiary/aromatic N) is 2. The average molecular weight is 575 g/mol. The lowest BCUT2D eigenvalue weighted by Crippen LogP contribution is -2.60. The standard InChI is InChI=1S/C27H28ClFN4O5S/c1-15-12-33(16(2)11-32(15)13-17-3-6-19(29)7-4-17)24(14-34)38-23-8-5-18(28)9-20(23)22(35)10-21-25(36)30-27(39)31-26(21)37/h3-9,14-16,21,24H,10-13H2,1-2H3,(H2,30,31,36,37,39)/t15-,16+,24?/m0/s1. The molecule has 4 rings (SSSR count). The van der Waals surface area contributed by atoms with Crippen LogP contribution in [0.1, 0.15) is 36.2 Å². The first-order valence-electron chi connectivity index (χ1n) is 12.4. The molecule has 2 heterocycles. The van der Waals surface area contributed by atoms with E-state index in [9.17, 15) is 23.6 Å². The number of Topliss-reactive ketones (excluding diaryl/α,β-unsaturated/α-hetero) is 1. The van der Waals surface area contributed by atoms with E-state index in [0.29, 0.717) is 25.9 Å². The van der Waals surface area contributed by atoms with Crippen LogP contribution in [0.25, 0.3) is 0 Å². The van der Waals surface area contributed by atoms with Gasteiger partial charge in [0.25, 0.3) is 0 Å². The van der Waals surface area contributed by atoms with Crippen molar-refractivity contribution in [2.24, 2.45) is 5.92 Å². The SMILES string of the molecule is C[C@@H]1CN(Cc2ccc(F)cc2)[C@@H](C)CN1C(C=O)Oc1ccc(Cl)cc1C(=O)CC1C(=O)NC(=S)NC1=O. The molecule has 0 bridgehead atoms. The maximum absolute atomic E-state index is 13.3. The second kappa shape index (κ2) is 12.3. The van der Waals surface area contributed by atoms with Crippen LogP contribution in [-0.2, 0) is 20.9 Å². The Morgan fingerprint density at radius 2 is 1.79 bits per heavy atom. The van der Waals surface area contributed by atoms with E-state index in [0.717, 1.165) is 5.56 Å². The summed E-state index contributed by atoms with van der Waals surface area (Å²) in [4.78, 5) is 54.0. The molecule has 2 fully saturated rings. The molecule has 0 spiro atoms. The average Bonchev–Trinajstić information content (AvgIpc) is 2.88. The van der Waals surface area contributed by atoms with E-state index in [1.165, 1.54) is 30.3 Å².